The average Bonchev–Trinajstić information content (AvgIpc) is 2.45. The molecule has 1 rings (SSSR count). The van der Waals surface area contributed by atoms with E-state index in [9.17, 15) is 4.79 Å². The van der Waals surface area contributed by atoms with Gasteiger partial charge in [-0.25, -0.2) is 0 Å². The number of nitrogens with one attached hydrogen (secondary N) is 1. The standard InChI is InChI=1S/C14H22N2O3/c1-5-14(15,6-2)13(17)16-10-7-11(18-3)9-12(8-10)19-4/h7-9H,5-6,15H2,1-4H3,(H,16,17). The van der Waals surface area contributed by atoms with Crippen molar-refractivity contribution in [1.29, 1.82) is 0 Å². The minimum absolute atomic E-state index is 0.201. The van der Waals surface area contributed by atoms with Gasteiger partial charge in [0.05, 0.1) is 19.8 Å². The number of ether oxygens (including phenoxy) is 2. The Bertz CT molecular complexity index is 420. The molecule has 0 aliphatic heterocycles. The zero-order chi connectivity index (χ0) is 14.5. The highest BCUT2D eigenvalue weighted by Crippen LogP contribution is 2.26. The van der Waals surface area contributed by atoms with Gasteiger partial charge >= 0.3 is 0 Å². The molecule has 0 aliphatic rings. The minimum atomic E-state index is -0.851. The lowest BCUT2D eigenvalue weighted by molar-refractivity contribution is -0.121. The Hall–Kier alpha value is -1.75. The van der Waals surface area contributed by atoms with Crippen molar-refractivity contribution in [2.75, 3.05) is 19.5 Å². The zero-order valence-corrected chi connectivity index (χ0v) is 11.9. The maximum Gasteiger partial charge on any atom is 0.244 e. The molecule has 1 amide bonds. The van der Waals surface area contributed by atoms with Crippen molar-refractivity contribution >= 4 is 11.6 Å². The number of hydrogen-bond acceptors (Lipinski definition) is 4. The highest BCUT2D eigenvalue weighted by atomic mass is 16.5. The van der Waals surface area contributed by atoms with Gasteiger partial charge in [0.15, 0.2) is 0 Å². The van der Waals surface area contributed by atoms with E-state index in [2.05, 4.69) is 5.32 Å². The Morgan fingerprint density at radius 3 is 2.00 bits per heavy atom. The summed E-state index contributed by atoms with van der Waals surface area (Å²) in [6.45, 7) is 3.80. The molecule has 5 heteroatoms. The molecular formula is C14H22N2O3. The highest BCUT2D eigenvalue weighted by molar-refractivity contribution is 5.98. The molecule has 106 valence electrons. The van der Waals surface area contributed by atoms with Crippen LogP contribution in [0.25, 0.3) is 0 Å². The smallest absolute Gasteiger partial charge is 0.244 e. The molecule has 3 N–H and O–H groups in total. The molecule has 1 aromatic carbocycles. The van der Waals surface area contributed by atoms with Crippen LogP contribution in [-0.2, 0) is 4.79 Å². The van der Waals surface area contributed by atoms with Gasteiger partial charge in [0.1, 0.15) is 11.5 Å². The fourth-order valence-electron chi connectivity index (χ4n) is 1.71. The molecule has 0 bridgehead atoms. The van der Waals surface area contributed by atoms with Gasteiger partial charge in [-0.05, 0) is 12.8 Å². The van der Waals surface area contributed by atoms with Crippen LogP contribution in [0.15, 0.2) is 18.2 Å². The first-order valence-corrected chi connectivity index (χ1v) is 6.32. The van der Waals surface area contributed by atoms with Crippen molar-refractivity contribution in [3.63, 3.8) is 0 Å². The lowest BCUT2D eigenvalue weighted by atomic mass is 9.93. The molecule has 19 heavy (non-hydrogen) atoms. The van der Waals surface area contributed by atoms with Crippen molar-refractivity contribution < 1.29 is 14.3 Å². The maximum absolute atomic E-state index is 12.2. The predicted molar refractivity (Wildman–Crippen MR) is 75.7 cm³/mol. The van der Waals surface area contributed by atoms with Crippen molar-refractivity contribution in [3.05, 3.63) is 18.2 Å². The number of methoxy groups -OCH3 is 2. The minimum Gasteiger partial charge on any atom is -0.497 e. The van der Waals surface area contributed by atoms with Crippen LogP contribution in [0.2, 0.25) is 0 Å². The monoisotopic (exact) mass is 266 g/mol. The summed E-state index contributed by atoms with van der Waals surface area (Å²) in [7, 11) is 3.12. The summed E-state index contributed by atoms with van der Waals surface area (Å²) < 4.78 is 10.3. The van der Waals surface area contributed by atoms with E-state index in [1.54, 1.807) is 32.4 Å². The van der Waals surface area contributed by atoms with Crippen molar-refractivity contribution in [2.45, 2.75) is 32.2 Å². The number of anilines is 1. The summed E-state index contributed by atoms with van der Waals surface area (Å²) in [6, 6.07) is 5.20. The molecule has 0 atom stereocenters. The number of carbonyl (C=O) groups excluding carboxylic acids is 1. The topological polar surface area (TPSA) is 73.6 Å². The summed E-state index contributed by atoms with van der Waals surface area (Å²) in [5.41, 5.74) is 5.81. The molecule has 0 aromatic heterocycles. The third-order valence-corrected chi connectivity index (χ3v) is 3.32. The van der Waals surface area contributed by atoms with Crippen LogP contribution in [-0.4, -0.2) is 25.7 Å². The molecule has 0 aliphatic carbocycles. The quantitative estimate of drug-likeness (QED) is 0.827. The summed E-state index contributed by atoms with van der Waals surface area (Å²) in [6.07, 6.45) is 1.16. The van der Waals surface area contributed by atoms with E-state index >= 15 is 0 Å². The van der Waals surface area contributed by atoms with E-state index < -0.39 is 5.54 Å². The third kappa shape index (κ3) is 3.61. The number of amides is 1. The van der Waals surface area contributed by atoms with E-state index in [-0.39, 0.29) is 5.91 Å². The van der Waals surface area contributed by atoms with Crippen LogP contribution < -0.4 is 20.5 Å². The molecule has 0 fully saturated rings. The molecule has 5 nitrogen and oxygen atoms in total. The van der Waals surface area contributed by atoms with E-state index in [0.717, 1.165) is 0 Å². The Morgan fingerprint density at radius 1 is 1.16 bits per heavy atom. The molecule has 0 radical (unpaired) electrons. The number of carbonyl (C=O) groups is 1. The van der Waals surface area contributed by atoms with Gasteiger partial charge in [0, 0.05) is 23.9 Å². The number of benzene rings is 1. The largest absolute Gasteiger partial charge is 0.497 e. The first kappa shape index (κ1) is 15.3. The molecule has 0 saturated carbocycles. The second-order valence-electron chi connectivity index (χ2n) is 4.42. The SMILES string of the molecule is CCC(N)(CC)C(=O)Nc1cc(OC)cc(OC)c1. The van der Waals surface area contributed by atoms with Crippen LogP contribution in [0.3, 0.4) is 0 Å². The van der Waals surface area contributed by atoms with Gasteiger partial charge in [0.25, 0.3) is 0 Å². The third-order valence-electron chi connectivity index (χ3n) is 3.32. The van der Waals surface area contributed by atoms with Crippen LogP contribution in [0, 0.1) is 0 Å². The molecule has 0 heterocycles. The Labute approximate surface area is 114 Å². The van der Waals surface area contributed by atoms with Gasteiger partial charge in [-0.2, -0.15) is 0 Å². The van der Waals surface area contributed by atoms with E-state index in [1.165, 1.54) is 0 Å². The van der Waals surface area contributed by atoms with Gasteiger partial charge in [-0.3, -0.25) is 4.79 Å². The Balaban J connectivity index is 2.96. The van der Waals surface area contributed by atoms with E-state index in [0.29, 0.717) is 30.0 Å². The normalized spacial score (nSPS) is 11.0. The molecular weight excluding hydrogens is 244 g/mol. The average molecular weight is 266 g/mol. The van der Waals surface area contributed by atoms with Crippen molar-refractivity contribution in [3.8, 4) is 11.5 Å². The predicted octanol–water partition coefficient (Wildman–Crippen LogP) is 2.16. The van der Waals surface area contributed by atoms with Crippen LogP contribution in [0.1, 0.15) is 26.7 Å². The Morgan fingerprint density at radius 2 is 1.63 bits per heavy atom. The van der Waals surface area contributed by atoms with Gasteiger partial charge < -0.3 is 20.5 Å². The van der Waals surface area contributed by atoms with E-state index in [1.807, 2.05) is 13.8 Å². The Kier molecular flexibility index (Phi) is 5.18. The molecule has 0 saturated heterocycles. The van der Waals surface area contributed by atoms with Crippen LogP contribution >= 0.6 is 0 Å². The summed E-state index contributed by atoms with van der Waals surface area (Å²) in [5, 5.41) is 2.81. The first-order valence-electron chi connectivity index (χ1n) is 6.32. The van der Waals surface area contributed by atoms with Gasteiger partial charge in [0.2, 0.25) is 5.91 Å². The fraction of sp³-hybridized carbons (Fsp3) is 0.500. The van der Waals surface area contributed by atoms with Crippen LogP contribution in [0.5, 0.6) is 11.5 Å². The maximum atomic E-state index is 12.2. The first-order chi connectivity index (χ1) is 8.98. The van der Waals surface area contributed by atoms with Gasteiger partial charge in [-0.1, -0.05) is 13.8 Å². The molecule has 0 unspecified atom stereocenters. The summed E-state index contributed by atoms with van der Waals surface area (Å²) in [5.74, 6) is 1.03. The number of nitrogens with two attached hydrogens (primary N) is 1. The van der Waals surface area contributed by atoms with E-state index in [4.69, 9.17) is 15.2 Å². The second-order valence-corrected chi connectivity index (χ2v) is 4.42. The highest BCUT2D eigenvalue weighted by Gasteiger charge is 2.29. The zero-order valence-electron chi connectivity index (χ0n) is 11.9. The lowest BCUT2D eigenvalue weighted by Crippen LogP contribution is -2.50. The molecule has 1 aromatic rings. The number of rotatable bonds is 6. The fourth-order valence-corrected chi connectivity index (χ4v) is 1.71. The lowest BCUT2D eigenvalue weighted by Gasteiger charge is -2.25. The van der Waals surface area contributed by atoms with Crippen molar-refractivity contribution in [2.24, 2.45) is 5.73 Å². The summed E-state index contributed by atoms with van der Waals surface area (Å²) in [4.78, 5) is 12.2. The van der Waals surface area contributed by atoms with Crippen LogP contribution in [0.4, 0.5) is 5.69 Å². The number of hydrogen-bond donors (Lipinski definition) is 2. The van der Waals surface area contributed by atoms with Crippen molar-refractivity contribution in [1.82, 2.24) is 0 Å². The molecule has 0 spiro atoms. The summed E-state index contributed by atoms with van der Waals surface area (Å²) >= 11 is 0. The van der Waals surface area contributed by atoms with Gasteiger partial charge in [-0.15, -0.1) is 0 Å². The second kappa shape index (κ2) is 6.43.